The Hall–Kier alpha value is -1.84. The highest BCUT2D eigenvalue weighted by molar-refractivity contribution is 7.92. The van der Waals surface area contributed by atoms with Crippen LogP contribution in [0, 0.1) is 0 Å². The topological polar surface area (TPSA) is 88.2 Å². The van der Waals surface area contributed by atoms with Crippen molar-refractivity contribution in [2.24, 2.45) is 0 Å². The molecule has 1 N–H and O–H groups in total. The molecule has 1 unspecified atom stereocenters. The molecule has 1 aromatic carbocycles. The Morgan fingerprint density at radius 2 is 1.96 bits per heavy atom. The Balaban J connectivity index is 1.55. The van der Waals surface area contributed by atoms with Crippen LogP contribution in [0.2, 0.25) is 0 Å². The maximum Gasteiger partial charge on any atom is 0.261 e. The molecule has 0 saturated carbocycles. The molecule has 27 heavy (non-hydrogen) atoms. The van der Waals surface area contributed by atoms with Crippen LogP contribution in [0.3, 0.4) is 0 Å². The summed E-state index contributed by atoms with van der Waals surface area (Å²) < 4.78 is 36.7. The molecule has 9 heteroatoms. The van der Waals surface area contributed by atoms with Gasteiger partial charge in [-0.15, -0.1) is 0 Å². The second-order valence-corrected chi connectivity index (χ2v) is 8.70. The van der Waals surface area contributed by atoms with Crippen LogP contribution < -0.4 is 14.4 Å². The predicted octanol–water partition coefficient (Wildman–Crippen LogP) is 0.442. The predicted molar refractivity (Wildman–Crippen MR) is 103 cm³/mol. The van der Waals surface area contributed by atoms with Crippen molar-refractivity contribution in [3.63, 3.8) is 0 Å². The smallest absolute Gasteiger partial charge is 0.261 e. The first-order valence-corrected chi connectivity index (χ1v) is 11.1. The van der Waals surface area contributed by atoms with Gasteiger partial charge < -0.3 is 14.8 Å². The standard InChI is InChI=1S/C18H27N3O5S/c1-27(23,24)21-10-7-17(26-16-6-3-2-5-15(16)21)18(22)19-8-4-9-20-11-13-25-14-12-20/h2-3,5-6,17H,4,7-14H2,1H3,(H,19,22). The van der Waals surface area contributed by atoms with Crippen molar-refractivity contribution < 1.29 is 22.7 Å². The molecule has 1 atom stereocenters. The molecule has 0 aromatic heterocycles. The van der Waals surface area contributed by atoms with Crippen LogP contribution in [-0.2, 0) is 19.6 Å². The Kier molecular flexibility index (Phi) is 6.56. The normalized spacial score (nSPS) is 21.1. The highest BCUT2D eigenvalue weighted by Gasteiger charge is 2.30. The monoisotopic (exact) mass is 397 g/mol. The number of nitrogens with zero attached hydrogens (tertiary/aromatic N) is 2. The van der Waals surface area contributed by atoms with E-state index in [4.69, 9.17) is 9.47 Å². The Bertz CT molecular complexity index is 749. The summed E-state index contributed by atoms with van der Waals surface area (Å²) in [6, 6.07) is 6.91. The number of nitrogens with one attached hydrogen (secondary N) is 1. The van der Waals surface area contributed by atoms with Crippen LogP contribution in [-0.4, -0.2) is 77.5 Å². The number of hydrogen-bond donors (Lipinski definition) is 1. The van der Waals surface area contributed by atoms with Gasteiger partial charge in [0.2, 0.25) is 10.0 Å². The third-order valence-corrected chi connectivity index (χ3v) is 5.92. The van der Waals surface area contributed by atoms with Crippen molar-refractivity contribution in [1.82, 2.24) is 10.2 Å². The zero-order valence-corrected chi connectivity index (χ0v) is 16.4. The van der Waals surface area contributed by atoms with Gasteiger partial charge in [0.15, 0.2) is 6.10 Å². The molecule has 150 valence electrons. The van der Waals surface area contributed by atoms with Crippen molar-refractivity contribution in [2.45, 2.75) is 18.9 Å². The van der Waals surface area contributed by atoms with Crippen molar-refractivity contribution in [3.8, 4) is 5.75 Å². The molecule has 3 rings (SSSR count). The summed E-state index contributed by atoms with van der Waals surface area (Å²) >= 11 is 0. The molecule has 0 aliphatic carbocycles. The molecular weight excluding hydrogens is 370 g/mol. The Labute approximate surface area is 160 Å². The minimum Gasteiger partial charge on any atom is -0.478 e. The summed E-state index contributed by atoms with van der Waals surface area (Å²) in [6.45, 7) is 5.07. The third-order valence-electron chi connectivity index (χ3n) is 4.74. The van der Waals surface area contributed by atoms with Gasteiger partial charge in [-0.2, -0.15) is 0 Å². The lowest BCUT2D eigenvalue weighted by molar-refractivity contribution is -0.128. The summed E-state index contributed by atoms with van der Waals surface area (Å²) in [5, 5.41) is 2.91. The maximum atomic E-state index is 12.5. The molecule has 0 radical (unpaired) electrons. The van der Waals surface area contributed by atoms with Gasteiger partial charge in [0.05, 0.1) is 25.2 Å². The summed E-state index contributed by atoms with van der Waals surface area (Å²) in [7, 11) is -3.44. The molecule has 2 aliphatic rings. The summed E-state index contributed by atoms with van der Waals surface area (Å²) in [4.78, 5) is 14.8. The summed E-state index contributed by atoms with van der Waals surface area (Å²) in [6.07, 6.45) is 1.61. The molecule has 0 spiro atoms. The van der Waals surface area contributed by atoms with Crippen LogP contribution in [0.25, 0.3) is 0 Å². The largest absolute Gasteiger partial charge is 0.478 e. The SMILES string of the molecule is CS(=O)(=O)N1CCC(C(=O)NCCCN2CCOCC2)Oc2ccccc21. The van der Waals surface area contributed by atoms with Gasteiger partial charge in [-0.25, -0.2) is 8.42 Å². The van der Waals surface area contributed by atoms with Gasteiger partial charge in [0, 0.05) is 32.6 Å². The fraction of sp³-hybridized carbons (Fsp3) is 0.611. The Morgan fingerprint density at radius 1 is 1.22 bits per heavy atom. The number of rotatable bonds is 6. The van der Waals surface area contributed by atoms with Crippen molar-refractivity contribution >= 4 is 21.6 Å². The summed E-state index contributed by atoms with van der Waals surface area (Å²) in [5.41, 5.74) is 0.475. The number of fused-ring (bicyclic) bond motifs is 1. The first-order chi connectivity index (χ1) is 12.9. The number of carbonyl (C=O) groups excluding carboxylic acids is 1. The van der Waals surface area contributed by atoms with Gasteiger partial charge >= 0.3 is 0 Å². The highest BCUT2D eigenvalue weighted by atomic mass is 32.2. The molecular formula is C18H27N3O5S. The van der Waals surface area contributed by atoms with E-state index in [1.165, 1.54) is 4.31 Å². The van der Waals surface area contributed by atoms with Gasteiger partial charge in [-0.3, -0.25) is 14.0 Å². The average Bonchev–Trinajstić information content (AvgIpc) is 2.85. The molecule has 1 fully saturated rings. The minimum absolute atomic E-state index is 0.206. The molecule has 2 heterocycles. The lowest BCUT2D eigenvalue weighted by atomic mass is 10.2. The van der Waals surface area contributed by atoms with Crippen LogP contribution in [0.15, 0.2) is 24.3 Å². The molecule has 1 amide bonds. The second-order valence-electron chi connectivity index (χ2n) is 6.80. The number of morpholine rings is 1. The molecule has 1 saturated heterocycles. The number of amides is 1. The summed E-state index contributed by atoms with van der Waals surface area (Å²) in [5.74, 6) is 0.205. The van der Waals surface area contributed by atoms with E-state index in [9.17, 15) is 13.2 Å². The Morgan fingerprint density at radius 3 is 2.70 bits per heavy atom. The first-order valence-electron chi connectivity index (χ1n) is 9.26. The van der Waals surface area contributed by atoms with Gasteiger partial charge in [-0.05, 0) is 25.1 Å². The zero-order valence-electron chi connectivity index (χ0n) is 15.6. The van der Waals surface area contributed by atoms with E-state index in [1.807, 2.05) is 0 Å². The van der Waals surface area contributed by atoms with Gasteiger partial charge in [0.25, 0.3) is 5.91 Å². The number of para-hydroxylation sites is 2. The van der Waals surface area contributed by atoms with Crippen LogP contribution >= 0.6 is 0 Å². The lowest BCUT2D eigenvalue weighted by Gasteiger charge is -2.26. The van der Waals surface area contributed by atoms with E-state index in [0.29, 0.717) is 24.4 Å². The number of carbonyl (C=O) groups is 1. The van der Waals surface area contributed by atoms with Gasteiger partial charge in [0.1, 0.15) is 5.75 Å². The second kappa shape index (κ2) is 8.90. The number of sulfonamides is 1. The van der Waals surface area contributed by atoms with Crippen molar-refractivity contribution in [1.29, 1.82) is 0 Å². The van der Waals surface area contributed by atoms with Gasteiger partial charge in [-0.1, -0.05) is 12.1 Å². The van der Waals surface area contributed by atoms with E-state index in [2.05, 4.69) is 10.2 Å². The number of benzene rings is 1. The molecule has 1 aromatic rings. The number of ether oxygens (including phenoxy) is 2. The fourth-order valence-corrected chi connectivity index (χ4v) is 4.26. The minimum atomic E-state index is -3.44. The average molecular weight is 397 g/mol. The van der Waals surface area contributed by atoms with E-state index >= 15 is 0 Å². The van der Waals surface area contributed by atoms with E-state index in [-0.39, 0.29) is 12.5 Å². The zero-order chi connectivity index (χ0) is 19.3. The van der Waals surface area contributed by atoms with Crippen LogP contribution in [0.4, 0.5) is 5.69 Å². The number of anilines is 1. The highest BCUT2D eigenvalue weighted by Crippen LogP contribution is 2.33. The fourth-order valence-electron chi connectivity index (χ4n) is 3.31. The van der Waals surface area contributed by atoms with Crippen molar-refractivity contribution in [3.05, 3.63) is 24.3 Å². The van der Waals surface area contributed by atoms with E-state index in [1.54, 1.807) is 24.3 Å². The van der Waals surface area contributed by atoms with E-state index in [0.717, 1.165) is 45.5 Å². The van der Waals surface area contributed by atoms with E-state index < -0.39 is 16.1 Å². The first kappa shape index (κ1) is 19.9. The number of hydrogen-bond acceptors (Lipinski definition) is 6. The lowest BCUT2D eigenvalue weighted by Crippen LogP contribution is -2.41. The maximum absolute atomic E-state index is 12.5. The molecule has 2 aliphatic heterocycles. The molecule has 8 nitrogen and oxygen atoms in total. The molecule has 0 bridgehead atoms. The van der Waals surface area contributed by atoms with Crippen molar-refractivity contribution in [2.75, 3.05) is 56.5 Å². The van der Waals surface area contributed by atoms with Crippen LogP contribution in [0.5, 0.6) is 5.75 Å². The third kappa shape index (κ3) is 5.33. The quantitative estimate of drug-likeness (QED) is 0.701. The van der Waals surface area contributed by atoms with Crippen LogP contribution in [0.1, 0.15) is 12.8 Å².